The molecule has 0 atom stereocenters. The van der Waals surface area contributed by atoms with Gasteiger partial charge in [-0.25, -0.2) is 4.98 Å². The second-order valence-corrected chi connectivity index (χ2v) is 10.2. The minimum atomic E-state index is -4.24. The number of nitrogens with zero attached hydrogens (tertiary/aromatic N) is 3. The van der Waals surface area contributed by atoms with E-state index >= 15 is 0 Å². The van der Waals surface area contributed by atoms with Crippen LogP contribution in [0.2, 0.25) is 0 Å². The van der Waals surface area contributed by atoms with E-state index in [0.717, 1.165) is 0 Å². The van der Waals surface area contributed by atoms with Gasteiger partial charge >= 0.3 is 15.2 Å². The first-order valence-corrected chi connectivity index (χ1v) is 12.4. The molecule has 14 nitrogen and oxygen atoms in total. The molecule has 0 saturated carbocycles. The zero-order chi connectivity index (χ0) is 21.8. The molecule has 0 aliphatic heterocycles. The second kappa shape index (κ2) is 9.77. The standard InChI is InChI=1S/C12H20BrN5O9P2/c13-11-15-8-9(16-12(14)17-10(8)19)18(11)7(5-26-1-3-28(20,21)22)6-27-2-4-29(23,24)25/h7H,1-6H2,(H2,20,21,22)(H2,23,24,25)(H3,14,16,17,19). The first kappa shape index (κ1) is 24.1. The summed E-state index contributed by atoms with van der Waals surface area (Å²) in [6.45, 7) is -0.726. The molecular formula is C12H20BrN5O9P2. The molecule has 2 heterocycles. The Labute approximate surface area is 171 Å². The van der Waals surface area contributed by atoms with E-state index in [4.69, 9.17) is 34.8 Å². The van der Waals surface area contributed by atoms with Crippen molar-refractivity contribution in [2.24, 2.45) is 0 Å². The quantitative estimate of drug-likeness (QED) is 0.124. The summed E-state index contributed by atoms with van der Waals surface area (Å²) >= 11 is 3.21. The Morgan fingerprint density at radius 2 is 1.59 bits per heavy atom. The fraction of sp³-hybridized carbons (Fsp3) is 0.583. The minimum Gasteiger partial charge on any atom is -0.379 e. The van der Waals surface area contributed by atoms with E-state index in [9.17, 15) is 13.9 Å². The summed E-state index contributed by atoms with van der Waals surface area (Å²) in [6.07, 6.45) is -0.981. The summed E-state index contributed by atoms with van der Waals surface area (Å²) in [7, 11) is -8.48. The number of halogens is 1. The van der Waals surface area contributed by atoms with Gasteiger partial charge in [0.25, 0.3) is 5.56 Å². The fourth-order valence-corrected chi connectivity index (χ4v) is 3.67. The van der Waals surface area contributed by atoms with Crippen molar-refractivity contribution in [2.75, 3.05) is 44.5 Å². The molecule has 0 aromatic carbocycles. The highest BCUT2D eigenvalue weighted by Crippen LogP contribution is 2.34. The lowest BCUT2D eigenvalue weighted by Crippen LogP contribution is -2.24. The van der Waals surface area contributed by atoms with Crippen molar-refractivity contribution in [2.45, 2.75) is 6.04 Å². The molecule has 2 aromatic rings. The highest BCUT2D eigenvalue weighted by molar-refractivity contribution is 9.10. The van der Waals surface area contributed by atoms with E-state index in [1.54, 1.807) is 0 Å². The van der Waals surface area contributed by atoms with Crippen LogP contribution in [0.4, 0.5) is 5.95 Å². The SMILES string of the molecule is Nc1nc2c(nc(Br)n2C(COCCP(=O)(O)O)COCCP(=O)(O)O)c(=O)[nH]1. The van der Waals surface area contributed by atoms with Crippen LogP contribution in [-0.2, 0) is 18.6 Å². The number of ether oxygens (including phenoxy) is 2. The second-order valence-electron chi connectivity index (χ2n) is 5.95. The summed E-state index contributed by atoms with van der Waals surface area (Å²) < 4.78 is 34.2. The van der Waals surface area contributed by atoms with Crippen LogP contribution in [0.25, 0.3) is 11.2 Å². The molecule has 0 saturated heterocycles. The Bertz CT molecular complexity index is 970. The molecule has 2 aromatic heterocycles. The highest BCUT2D eigenvalue weighted by atomic mass is 79.9. The van der Waals surface area contributed by atoms with Crippen molar-refractivity contribution in [3.8, 4) is 0 Å². The minimum absolute atomic E-state index is 0.0125. The van der Waals surface area contributed by atoms with Crippen molar-refractivity contribution in [1.82, 2.24) is 19.5 Å². The summed E-state index contributed by atoms with van der Waals surface area (Å²) in [5.41, 5.74) is 5.11. The largest absolute Gasteiger partial charge is 0.379 e. The van der Waals surface area contributed by atoms with Gasteiger partial charge in [0.15, 0.2) is 15.9 Å². The maximum atomic E-state index is 12.0. The number of imidazole rings is 1. The predicted octanol–water partition coefficient (Wildman–Crippen LogP) is -0.606. The number of aromatic amines is 1. The van der Waals surface area contributed by atoms with Gasteiger partial charge in [-0.15, -0.1) is 0 Å². The molecule has 0 spiro atoms. The number of fused-ring (bicyclic) bond motifs is 1. The zero-order valence-corrected chi connectivity index (χ0v) is 18.2. The van der Waals surface area contributed by atoms with Gasteiger partial charge in [0.1, 0.15) is 0 Å². The third-order valence-corrected chi connectivity index (χ3v) is 5.66. The smallest absolute Gasteiger partial charge is 0.327 e. The Hall–Kier alpha value is -1.15. The number of anilines is 1. The molecule has 17 heteroatoms. The van der Waals surface area contributed by atoms with Crippen molar-refractivity contribution in [1.29, 1.82) is 0 Å². The molecule has 29 heavy (non-hydrogen) atoms. The Balaban J connectivity index is 2.23. The third kappa shape index (κ3) is 7.55. The molecule has 164 valence electrons. The van der Waals surface area contributed by atoms with Gasteiger partial charge in [0, 0.05) is 0 Å². The van der Waals surface area contributed by atoms with Gasteiger partial charge in [-0.3, -0.25) is 23.5 Å². The van der Waals surface area contributed by atoms with E-state index in [1.165, 1.54) is 4.57 Å². The number of nitrogens with two attached hydrogens (primary N) is 1. The van der Waals surface area contributed by atoms with Crippen molar-refractivity contribution in [3.05, 3.63) is 15.1 Å². The van der Waals surface area contributed by atoms with Crippen molar-refractivity contribution >= 4 is 48.2 Å². The van der Waals surface area contributed by atoms with Crippen molar-refractivity contribution < 1.29 is 38.2 Å². The lowest BCUT2D eigenvalue weighted by Gasteiger charge is -2.20. The molecule has 0 radical (unpaired) electrons. The average molecular weight is 520 g/mol. The predicted molar refractivity (Wildman–Crippen MR) is 105 cm³/mol. The Kier molecular flexibility index (Phi) is 8.13. The number of hydrogen-bond acceptors (Lipinski definition) is 8. The Morgan fingerprint density at radius 1 is 1.07 bits per heavy atom. The van der Waals surface area contributed by atoms with Crippen LogP contribution < -0.4 is 11.3 Å². The van der Waals surface area contributed by atoms with E-state index in [2.05, 4.69) is 30.9 Å². The molecule has 0 aliphatic rings. The number of rotatable bonds is 11. The van der Waals surface area contributed by atoms with Crippen LogP contribution in [0.1, 0.15) is 6.04 Å². The molecule has 0 bridgehead atoms. The molecule has 0 unspecified atom stereocenters. The van der Waals surface area contributed by atoms with Gasteiger partial charge in [-0.2, -0.15) is 4.98 Å². The molecule has 2 rings (SSSR count). The molecule has 0 amide bonds. The van der Waals surface area contributed by atoms with Gasteiger partial charge in [0.2, 0.25) is 5.95 Å². The van der Waals surface area contributed by atoms with E-state index in [-0.39, 0.29) is 48.3 Å². The Morgan fingerprint density at radius 3 is 2.07 bits per heavy atom. The lowest BCUT2D eigenvalue weighted by atomic mass is 10.3. The number of nitrogen functional groups attached to an aromatic ring is 1. The van der Waals surface area contributed by atoms with Gasteiger partial charge in [0.05, 0.1) is 44.8 Å². The average Bonchev–Trinajstić information content (AvgIpc) is 2.88. The van der Waals surface area contributed by atoms with Crippen molar-refractivity contribution in [3.63, 3.8) is 0 Å². The number of H-pyrrole nitrogens is 1. The lowest BCUT2D eigenvalue weighted by molar-refractivity contribution is 0.0527. The van der Waals surface area contributed by atoms with E-state index in [0.29, 0.717) is 0 Å². The van der Waals surface area contributed by atoms with Gasteiger partial charge in [-0.1, -0.05) is 0 Å². The highest BCUT2D eigenvalue weighted by Gasteiger charge is 2.23. The zero-order valence-electron chi connectivity index (χ0n) is 14.8. The first-order chi connectivity index (χ1) is 13.4. The van der Waals surface area contributed by atoms with E-state index in [1.807, 2.05) is 0 Å². The van der Waals surface area contributed by atoms with Crippen LogP contribution >= 0.6 is 31.1 Å². The van der Waals surface area contributed by atoms with Gasteiger partial charge < -0.3 is 34.8 Å². The molecule has 0 fully saturated rings. The van der Waals surface area contributed by atoms with Crippen LogP contribution in [0.3, 0.4) is 0 Å². The van der Waals surface area contributed by atoms with Crippen LogP contribution in [0.15, 0.2) is 9.53 Å². The maximum Gasteiger partial charge on any atom is 0.327 e. The van der Waals surface area contributed by atoms with Gasteiger partial charge in [-0.05, 0) is 15.9 Å². The topological polar surface area (TPSA) is 223 Å². The van der Waals surface area contributed by atoms with Crippen LogP contribution in [0.5, 0.6) is 0 Å². The van der Waals surface area contributed by atoms with Crippen LogP contribution in [-0.4, -0.2) is 77.8 Å². The maximum absolute atomic E-state index is 12.0. The fourth-order valence-electron chi connectivity index (χ4n) is 2.30. The van der Waals surface area contributed by atoms with E-state index < -0.39 is 39.1 Å². The molecule has 0 aliphatic carbocycles. The normalized spacial score (nSPS) is 12.9. The third-order valence-electron chi connectivity index (χ3n) is 3.57. The number of nitrogens with one attached hydrogen (secondary N) is 1. The summed E-state index contributed by atoms with van der Waals surface area (Å²) in [6, 6.07) is -0.698. The number of aromatic nitrogens is 4. The molecule has 7 N–H and O–H groups in total. The summed E-state index contributed by atoms with van der Waals surface area (Å²) in [5.74, 6) is -0.153. The summed E-state index contributed by atoms with van der Waals surface area (Å²) in [4.78, 5) is 58.1. The monoisotopic (exact) mass is 519 g/mol. The molecular weight excluding hydrogens is 500 g/mol. The summed E-state index contributed by atoms with van der Waals surface area (Å²) in [5, 5.41) is 0. The first-order valence-electron chi connectivity index (χ1n) is 8.05. The van der Waals surface area contributed by atoms with Crippen LogP contribution in [0, 0.1) is 0 Å². The number of hydrogen-bond donors (Lipinski definition) is 6.